The molecule has 0 spiro atoms. The number of rotatable bonds is 8. The van der Waals surface area contributed by atoms with Crippen LogP contribution in [0.15, 0.2) is 47.2 Å². The van der Waals surface area contributed by atoms with E-state index in [0.717, 1.165) is 39.9 Å². The zero-order valence-corrected chi connectivity index (χ0v) is 19.9. The van der Waals surface area contributed by atoms with Crippen LogP contribution in [0.2, 0.25) is 25.7 Å². The Morgan fingerprint density at radius 2 is 1.86 bits per heavy atom. The van der Waals surface area contributed by atoms with Crippen molar-refractivity contribution >= 4 is 29.8 Å². The molecule has 0 radical (unpaired) electrons. The molecular weight excluding hydrogens is 448 g/mol. The molecule has 2 N–H and O–H groups in total. The van der Waals surface area contributed by atoms with Crippen LogP contribution >= 0.6 is 15.9 Å². The highest BCUT2D eigenvalue weighted by atomic mass is 79.9. The summed E-state index contributed by atoms with van der Waals surface area (Å²) in [6.45, 7) is 8.19. The van der Waals surface area contributed by atoms with Gasteiger partial charge in [0.25, 0.3) is 0 Å². The number of nitrogen functional groups attached to an aromatic ring is 1. The average molecular weight is 475 g/mol. The van der Waals surface area contributed by atoms with E-state index in [1.807, 2.05) is 41.0 Å². The minimum Gasteiger partial charge on any atom is -0.493 e. The van der Waals surface area contributed by atoms with Crippen molar-refractivity contribution in [2.45, 2.75) is 32.4 Å². The molecule has 154 valence electrons. The van der Waals surface area contributed by atoms with Crippen molar-refractivity contribution in [3.05, 3.63) is 47.2 Å². The maximum Gasteiger partial charge on any atom is 0.166 e. The Bertz CT molecular complexity index is 971. The number of benzene rings is 1. The van der Waals surface area contributed by atoms with E-state index in [-0.39, 0.29) is 0 Å². The molecule has 0 amide bonds. The Kier molecular flexibility index (Phi) is 6.76. The predicted molar refractivity (Wildman–Crippen MR) is 124 cm³/mol. The van der Waals surface area contributed by atoms with E-state index in [4.69, 9.17) is 20.2 Å². The molecule has 1 aromatic carbocycles. The largest absolute Gasteiger partial charge is 0.493 e. The van der Waals surface area contributed by atoms with Gasteiger partial charge in [0, 0.05) is 32.0 Å². The average Bonchev–Trinajstić information content (AvgIpc) is 3.02. The fourth-order valence-electron chi connectivity index (χ4n) is 2.82. The second-order valence-corrected chi connectivity index (χ2v) is 14.4. The smallest absolute Gasteiger partial charge is 0.166 e. The quantitative estimate of drug-likeness (QED) is 0.355. The lowest BCUT2D eigenvalue weighted by molar-refractivity contribution is 0.0869. The minimum atomic E-state index is -1.15. The summed E-state index contributed by atoms with van der Waals surface area (Å²) in [5.74, 6) is 1.71. The van der Waals surface area contributed by atoms with Gasteiger partial charge in [0.15, 0.2) is 11.6 Å². The lowest BCUT2D eigenvalue weighted by Crippen LogP contribution is -2.22. The third-order valence-electron chi connectivity index (χ3n) is 4.53. The van der Waals surface area contributed by atoms with Gasteiger partial charge in [0.1, 0.15) is 22.9 Å². The molecule has 0 aliphatic carbocycles. The second-order valence-electron chi connectivity index (χ2n) is 8.03. The van der Waals surface area contributed by atoms with E-state index in [0.29, 0.717) is 18.3 Å². The van der Waals surface area contributed by atoms with Crippen molar-refractivity contribution in [3.8, 4) is 28.4 Å². The fourth-order valence-corrected chi connectivity index (χ4v) is 4.17. The van der Waals surface area contributed by atoms with Gasteiger partial charge in [0.2, 0.25) is 0 Å². The number of ether oxygens (including phenoxy) is 2. The van der Waals surface area contributed by atoms with Crippen molar-refractivity contribution in [2.24, 2.45) is 0 Å². The van der Waals surface area contributed by atoms with Gasteiger partial charge in [-0.05, 0) is 28.0 Å². The van der Waals surface area contributed by atoms with E-state index >= 15 is 0 Å². The Hall–Kier alpha value is -2.16. The van der Waals surface area contributed by atoms with Crippen LogP contribution in [0, 0.1) is 0 Å². The number of hydrogen-bond acceptors (Lipinski definition) is 5. The number of hydrogen-bond donors (Lipinski definition) is 1. The van der Waals surface area contributed by atoms with Crippen LogP contribution in [0.5, 0.6) is 5.75 Å². The SMILES string of the molecule is COc1cc(-c2nc(-c3ccccc3)n(COCC[Si](C)(C)C)c2Br)cnc1N. The highest BCUT2D eigenvalue weighted by Crippen LogP contribution is 2.35. The Morgan fingerprint density at radius 1 is 1.14 bits per heavy atom. The zero-order chi connectivity index (χ0) is 21.0. The van der Waals surface area contributed by atoms with Gasteiger partial charge in [0.05, 0.1) is 7.11 Å². The van der Waals surface area contributed by atoms with Crippen LogP contribution in [0.25, 0.3) is 22.6 Å². The van der Waals surface area contributed by atoms with Crippen molar-refractivity contribution in [1.29, 1.82) is 0 Å². The molecule has 0 aliphatic rings. The molecule has 0 atom stereocenters. The summed E-state index contributed by atoms with van der Waals surface area (Å²) in [6, 6.07) is 13.0. The standard InChI is InChI=1S/C21H27BrN4O2Si/c1-27-17-12-16(13-24-20(17)23)18-19(22)26(14-28-10-11-29(2,3)4)21(25-18)15-8-6-5-7-9-15/h5-9,12-13H,10-11,14H2,1-4H3,(H2,23,24). The Morgan fingerprint density at radius 3 is 2.52 bits per heavy atom. The lowest BCUT2D eigenvalue weighted by atomic mass is 10.2. The fraction of sp³-hybridized carbons (Fsp3) is 0.333. The summed E-state index contributed by atoms with van der Waals surface area (Å²) in [4.78, 5) is 9.13. The molecule has 3 rings (SSSR count). The highest BCUT2D eigenvalue weighted by Gasteiger charge is 2.20. The topological polar surface area (TPSA) is 75.2 Å². The first-order valence-corrected chi connectivity index (χ1v) is 14.0. The Labute approximate surface area is 181 Å². The monoisotopic (exact) mass is 474 g/mol. The van der Waals surface area contributed by atoms with Gasteiger partial charge in [-0.1, -0.05) is 50.0 Å². The number of methoxy groups -OCH3 is 1. The molecule has 0 saturated heterocycles. The van der Waals surface area contributed by atoms with Crippen molar-refractivity contribution in [1.82, 2.24) is 14.5 Å². The maximum atomic E-state index is 6.02. The molecule has 6 nitrogen and oxygen atoms in total. The summed E-state index contributed by atoms with van der Waals surface area (Å²) in [5.41, 5.74) is 8.47. The normalized spacial score (nSPS) is 11.6. The third-order valence-corrected chi connectivity index (χ3v) is 7.04. The number of pyridine rings is 1. The lowest BCUT2D eigenvalue weighted by Gasteiger charge is -2.16. The molecule has 29 heavy (non-hydrogen) atoms. The van der Waals surface area contributed by atoms with Crippen molar-refractivity contribution < 1.29 is 9.47 Å². The van der Waals surface area contributed by atoms with E-state index in [1.165, 1.54) is 0 Å². The van der Waals surface area contributed by atoms with E-state index in [1.54, 1.807) is 13.3 Å². The molecule has 0 fully saturated rings. The van der Waals surface area contributed by atoms with E-state index < -0.39 is 8.07 Å². The number of aromatic nitrogens is 3. The number of anilines is 1. The maximum absolute atomic E-state index is 6.02. The van der Waals surface area contributed by atoms with Gasteiger partial charge in [-0.3, -0.25) is 4.57 Å². The first kappa shape index (κ1) is 21.5. The van der Waals surface area contributed by atoms with Gasteiger partial charge < -0.3 is 15.2 Å². The van der Waals surface area contributed by atoms with Gasteiger partial charge in [-0.25, -0.2) is 9.97 Å². The molecule has 0 bridgehead atoms. The van der Waals surface area contributed by atoms with Crippen LogP contribution in [0.1, 0.15) is 0 Å². The summed E-state index contributed by atoms with van der Waals surface area (Å²) in [6.07, 6.45) is 1.70. The molecule has 2 aromatic heterocycles. The highest BCUT2D eigenvalue weighted by molar-refractivity contribution is 9.10. The molecule has 0 aliphatic heterocycles. The van der Waals surface area contributed by atoms with Crippen molar-refractivity contribution in [2.75, 3.05) is 19.5 Å². The Balaban J connectivity index is 1.97. The van der Waals surface area contributed by atoms with Gasteiger partial charge in [-0.15, -0.1) is 0 Å². The zero-order valence-electron chi connectivity index (χ0n) is 17.3. The van der Waals surface area contributed by atoms with Crippen LogP contribution in [0.3, 0.4) is 0 Å². The summed E-state index contributed by atoms with van der Waals surface area (Å²) in [5, 5.41) is 0. The predicted octanol–water partition coefficient (Wildman–Crippen LogP) is 5.28. The summed E-state index contributed by atoms with van der Waals surface area (Å²) in [7, 11) is 0.430. The number of halogens is 1. The molecule has 8 heteroatoms. The number of nitrogens with zero attached hydrogens (tertiary/aromatic N) is 3. The minimum absolute atomic E-state index is 0.352. The van der Waals surface area contributed by atoms with Crippen LogP contribution < -0.4 is 10.5 Å². The van der Waals surface area contributed by atoms with Crippen LogP contribution in [-0.2, 0) is 11.5 Å². The number of imidazole rings is 1. The summed E-state index contributed by atoms with van der Waals surface area (Å²) >= 11 is 3.72. The molecular formula is C21H27BrN4O2Si. The first-order valence-electron chi connectivity index (χ1n) is 9.49. The first-order chi connectivity index (χ1) is 13.8. The molecule has 2 heterocycles. The molecule has 0 saturated carbocycles. The number of nitrogens with two attached hydrogens (primary N) is 1. The van der Waals surface area contributed by atoms with Crippen LogP contribution in [0.4, 0.5) is 5.82 Å². The van der Waals surface area contributed by atoms with Crippen molar-refractivity contribution in [3.63, 3.8) is 0 Å². The third kappa shape index (κ3) is 5.26. The van der Waals surface area contributed by atoms with Crippen LogP contribution in [-0.4, -0.2) is 36.3 Å². The van der Waals surface area contributed by atoms with E-state index in [9.17, 15) is 0 Å². The molecule has 0 unspecified atom stereocenters. The summed E-state index contributed by atoms with van der Waals surface area (Å²) < 4.78 is 14.2. The molecule has 3 aromatic rings. The van der Waals surface area contributed by atoms with Gasteiger partial charge >= 0.3 is 0 Å². The van der Waals surface area contributed by atoms with E-state index in [2.05, 4.69) is 40.6 Å². The second kappa shape index (κ2) is 9.11. The van der Waals surface area contributed by atoms with Gasteiger partial charge in [-0.2, -0.15) is 0 Å².